The van der Waals surface area contributed by atoms with Gasteiger partial charge in [-0.3, -0.25) is 0 Å². The predicted molar refractivity (Wildman–Crippen MR) is 75.4 cm³/mol. The van der Waals surface area contributed by atoms with Crippen molar-refractivity contribution < 1.29 is 9.50 Å². The van der Waals surface area contributed by atoms with Crippen LogP contribution in [0.5, 0.6) is 0 Å². The summed E-state index contributed by atoms with van der Waals surface area (Å²) >= 11 is 0. The van der Waals surface area contributed by atoms with Crippen LogP contribution in [-0.4, -0.2) is 16.7 Å². The largest absolute Gasteiger partial charge is 0.392 e. The number of halogens is 1. The molecule has 1 rings (SSSR count). The molecule has 0 atom stereocenters. The summed E-state index contributed by atoms with van der Waals surface area (Å²) in [6.07, 6.45) is 0.273. The number of aliphatic hydroxyl groups is 1. The van der Waals surface area contributed by atoms with Crippen LogP contribution in [0.3, 0.4) is 0 Å². The topological polar surface area (TPSA) is 82.5 Å². The average molecular weight is 265 g/mol. The molecule has 104 valence electrons. The highest BCUT2D eigenvalue weighted by molar-refractivity contribution is 6.04. The second-order valence-electron chi connectivity index (χ2n) is 5.44. The van der Waals surface area contributed by atoms with Gasteiger partial charge in [-0.1, -0.05) is 20.8 Å². The number of aliphatic hydroxyl groups excluding tert-OH is 1. The van der Waals surface area contributed by atoms with E-state index in [9.17, 15) is 4.39 Å². The lowest BCUT2D eigenvalue weighted by Gasteiger charge is -2.19. The molecule has 0 bridgehead atoms. The number of nitrogens with zero attached hydrogens (tertiary/aromatic N) is 1. The molecule has 4 nitrogen and oxygen atoms in total. The van der Waals surface area contributed by atoms with E-state index in [-0.39, 0.29) is 24.0 Å². The lowest BCUT2D eigenvalue weighted by Crippen LogP contribution is -2.25. The van der Waals surface area contributed by atoms with Gasteiger partial charge in [0.1, 0.15) is 11.7 Å². The van der Waals surface area contributed by atoms with Gasteiger partial charge in [-0.05, 0) is 23.6 Å². The number of nitrogens with two attached hydrogens (primary N) is 1. The molecule has 1 aromatic carbocycles. The third-order valence-corrected chi connectivity index (χ3v) is 2.74. The maximum absolute atomic E-state index is 13.2. The lowest BCUT2D eigenvalue weighted by atomic mass is 9.88. The van der Waals surface area contributed by atoms with E-state index in [4.69, 9.17) is 16.2 Å². The number of benzene rings is 1. The molecule has 0 fully saturated rings. The standard InChI is InChI=1S/C14H20FN3O/c1-14(2,3)12(16)7-13(17)18-10-4-5-11(15)9(6-10)8-19/h4-6,16,19H,7-8H2,1-3H3,(H2,17,18). The SMILES string of the molecule is CC(C)(C)C(=N)CC(N)=Nc1ccc(F)c(CO)c1. The van der Waals surface area contributed by atoms with Gasteiger partial charge >= 0.3 is 0 Å². The Hall–Kier alpha value is -1.75. The van der Waals surface area contributed by atoms with Crippen LogP contribution in [0.4, 0.5) is 10.1 Å². The quantitative estimate of drug-likeness (QED) is 0.578. The van der Waals surface area contributed by atoms with Crippen molar-refractivity contribution in [1.82, 2.24) is 0 Å². The molecule has 5 heteroatoms. The van der Waals surface area contributed by atoms with Crippen molar-refractivity contribution in [3.8, 4) is 0 Å². The molecule has 0 aliphatic heterocycles. The van der Waals surface area contributed by atoms with Gasteiger partial charge in [0.2, 0.25) is 0 Å². The number of rotatable bonds is 4. The fraction of sp³-hybridized carbons (Fsp3) is 0.429. The van der Waals surface area contributed by atoms with Gasteiger partial charge in [0.25, 0.3) is 0 Å². The molecular formula is C14H20FN3O. The van der Waals surface area contributed by atoms with E-state index in [0.29, 0.717) is 17.2 Å². The minimum atomic E-state index is -0.470. The number of hydrogen-bond donors (Lipinski definition) is 3. The molecule has 0 spiro atoms. The van der Waals surface area contributed by atoms with Crippen molar-refractivity contribution in [3.63, 3.8) is 0 Å². The highest BCUT2D eigenvalue weighted by Crippen LogP contribution is 2.20. The van der Waals surface area contributed by atoms with E-state index in [1.807, 2.05) is 20.8 Å². The highest BCUT2D eigenvalue weighted by Gasteiger charge is 2.17. The molecule has 0 aromatic heterocycles. The Bertz CT molecular complexity index is 504. The summed E-state index contributed by atoms with van der Waals surface area (Å²) in [5.41, 5.74) is 6.68. The first-order valence-corrected chi connectivity index (χ1v) is 6.04. The molecule has 0 aliphatic carbocycles. The van der Waals surface area contributed by atoms with Crippen LogP contribution < -0.4 is 5.73 Å². The fourth-order valence-corrected chi connectivity index (χ4v) is 1.40. The van der Waals surface area contributed by atoms with E-state index in [1.54, 1.807) is 0 Å². The molecule has 1 aromatic rings. The molecule has 19 heavy (non-hydrogen) atoms. The van der Waals surface area contributed by atoms with Gasteiger partial charge < -0.3 is 16.2 Å². The number of hydrogen-bond acceptors (Lipinski definition) is 3. The van der Waals surface area contributed by atoms with E-state index in [0.717, 1.165) is 0 Å². The molecule has 4 N–H and O–H groups in total. The molecule has 0 saturated carbocycles. The smallest absolute Gasteiger partial charge is 0.128 e. The first kappa shape index (κ1) is 15.3. The Kier molecular flexibility index (Phi) is 4.78. The molecule has 0 radical (unpaired) electrons. The maximum atomic E-state index is 13.2. The molecule has 0 aliphatic rings. The zero-order chi connectivity index (χ0) is 14.6. The second-order valence-corrected chi connectivity index (χ2v) is 5.44. The summed E-state index contributed by atoms with van der Waals surface area (Å²) in [6, 6.07) is 4.18. The zero-order valence-corrected chi connectivity index (χ0v) is 11.5. The van der Waals surface area contributed by atoms with Gasteiger partial charge in [-0.15, -0.1) is 0 Å². The number of aliphatic imine (C=N–C) groups is 1. The maximum Gasteiger partial charge on any atom is 0.128 e. The Morgan fingerprint density at radius 3 is 2.58 bits per heavy atom. The molecule has 0 amide bonds. The second kappa shape index (κ2) is 5.93. The molecule has 0 saturated heterocycles. The van der Waals surface area contributed by atoms with E-state index < -0.39 is 5.82 Å². The average Bonchev–Trinajstić information content (AvgIpc) is 2.30. The number of nitrogens with one attached hydrogen (secondary N) is 1. The van der Waals surface area contributed by atoms with Crippen molar-refractivity contribution >= 4 is 17.2 Å². The first-order chi connectivity index (χ1) is 8.74. The van der Waals surface area contributed by atoms with Crippen LogP contribution in [-0.2, 0) is 6.61 Å². The van der Waals surface area contributed by atoms with E-state index in [2.05, 4.69) is 4.99 Å². The van der Waals surface area contributed by atoms with Gasteiger partial charge in [0, 0.05) is 17.7 Å². The van der Waals surface area contributed by atoms with Crippen molar-refractivity contribution in [3.05, 3.63) is 29.6 Å². The van der Waals surface area contributed by atoms with Crippen molar-refractivity contribution in [2.24, 2.45) is 16.1 Å². The third kappa shape index (κ3) is 4.44. The summed E-state index contributed by atoms with van der Waals surface area (Å²) in [4.78, 5) is 4.14. The fourth-order valence-electron chi connectivity index (χ4n) is 1.40. The van der Waals surface area contributed by atoms with Gasteiger partial charge in [0.15, 0.2) is 0 Å². The Labute approximate surface area is 112 Å². The summed E-state index contributed by atoms with van der Waals surface area (Å²) in [6.45, 7) is 5.42. The van der Waals surface area contributed by atoms with E-state index >= 15 is 0 Å². The Balaban J connectivity index is 2.88. The van der Waals surface area contributed by atoms with Crippen LogP contribution >= 0.6 is 0 Å². The van der Waals surface area contributed by atoms with Crippen LogP contribution in [0.2, 0.25) is 0 Å². The monoisotopic (exact) mass is 265 g/mol. The van der Waals surface area contributed by atoms with Crippen molar-refractivity contribution in [1.29, 1.82) is 5.41 Å². The normalized spacial score (nSPS) is 12.6. The zero-order valence-electron chi connectivity index (χ0n) is 11.5. The summed E-state index contributed by atoms with van der Waals surface area (Å²) in [5.74, 6) is -0.169. The van der Waals surface area contributed by atoms with Crippen molar-refractivity contribution in [2.45, 2.75) is 33.8 Å². The molecule has 0 heterocycles. The van der Waals surface area contributed by atoms with Crippen LogP contribution in [0.25, 0.3) is 0 Å². The van der Waals surface area contributed by atoms with Crippen LogP contribution in [0.15, 0.2) is 23.2 Å². The van der Waals surface area contributed by atoms with E-state index in [1.165, 1.54) is 18.2 Å². The third-order valence-electron chi connectivity index (χ3n) is 2.74. The van der Waals surface area contributed by atoms with Gasteiger partial charge in [0.05, 0.1) is 12.3 Å². The minimum Gasteiger partial charge on any atom is -0.392 e. The highest BCUT2D eigenvalue weighted by atomic mass is 19.1. The summed E-state index contributed by atoms with van der Waals surface area (Å²) < 4.78 is 13.2. The van der Waals surface area contributed by atoms with Crippen molar-refractivity contribution in [2.75, 3.05) is 0 Å². The lowest BCUT2D eigenvalue weighted by molar-refractivity contribution is 0.276. The number of amidine groups is 1. The minimum absolute atomic E-state index is 0.181. The van der Waals surface area contributed by atoms with Gasteiger partial charge in [-0.25, -0.2) is 9.38 Å². The molecule has 0 unspecified atom stereocenters. The Morgan fingerprint density at radius 1 is 1.42 bits per heavy atom. The van der Waals surface area contributed by atoms with Crippen LogP contribution in [0.1, 0.15) is 32.8 Å². The molecular weight excluding hydrogens is 245 g/mol. The summed E-state index contributed by atoms with van der Waals surface area (Å²) in [5, 5.41) is 16.9. The van der Waals surface area contributed by atoms with Gasteiger partial charge in [-0.2, -0.15) is 0 Å². The summed E-state index contributed by atoms with van der Waals surface area (Å²) in [7, 11) is 0. The van der Waals surface area contributed by atoms with Crippen LogP contribution in [0, 0.1) is 16.6 Å². The first-order valence-electron chi connectivity index (χ1n) is 6.04. The predicted octanol–water partition coefficient (Wildman–Crippen LogP) is 2.76. The Morgan fingerprint density at radius 2 is 2.05 bits per heavy atom.